The Bertz CT molecular complexity index is 659. The van der Waals surface area contributed by atoms with Crippen LogP contribution < -0.4 is 0 Å². The highest BCUT2D eigenvalue weighted by Crippen LogP contribution is 2.43. The van der Waals surface area contributed by atoms with Gasteiger partial charge < -0.3 is 0 Å². The van der Waals surface area contributed by atoms with E-state index < -0.39 is 0 Å². The Kier molecular flexibility index (Phi) is 3.25. The quantitative estimate of drug-likeness (QED) is 0.663. The summed E-state index contributed by atoms with van der Waals surface area (Å²) in [5.41, 5.74) is 8.16. The molecule has 0 N–H and O–H groups in total. The van der Waals surface area contributed by atoms with Crippen LogP contribution in [0.15, 0.2) is 58.7 Å². The summed E-state index contributed by atoms with van der Waals surface area (Å²) in [5.74, 6) is 0.909. The van der Waals surface area contributed by atoms with E-state index in [1.807, 2.05) is 0 Å². The highest BCUT2D eigenvalue weighted by molar-refractivity contribution is 5.68. The molecule has 0 heterocycles. The van der Waals surface area contributed by atoms with Crippen LogP contribution in [0.5, 0.6) is 0 Å². The molecule has 1 unspecified atom stereocenters. The standard InChI is InChI=1S/C20H21/c1-13(2)16-11-19(14(3)4)20(12-16)18-10-9-15-7-5-6-8-17(15)18/h5-11,14,18H,1-4H3. The third-order valence-corrected chi connectivity index (χ3v) is 4.15. The summed E-state index contributed by atoms with van der Waals surface area (Å²) in [6, 6.07) is 8.68. The highest BCUT2D eigenvalue weighted by Gasteiger charge is 2.27. The van der Waals surface area contributed by atoms with Gasteiger partial charge in [-0.05, 0) is 53.7 Å². The zero-order valence-electron chi connectivity index (χ0n) is 12.7. The van der Waals surface area contributed by atoms with Gasteiger partial charge in [-0.25, -0.2) is 0 Å². The van der Waals surface area contributed by atoms with Crippen molar-refractivity contribution in [3.8, 4) is 0 Å². The van der Waals surface area contributed by atoms with Gasteiger partial charge >= 0.3 is 0 Å². The van der Waals surface area contributed by atoms with Gasteiger partial charge in [0.05, 0.1) is 0 Å². The lowest BCUT2D eigenvalue weighted by atomic mass is 9.85. The normalized spacial score (nSPS) is 20.2. The van der Waals surface area contributed by atoms with Gasteiger partial charge in [-0.2, -0.15) is 0 Å². The first-order valence-corrected chi connectivity index (χ1v) is 7.38. The highest BCUT2D eigenvalue weighted by atomic mass is 14.3. The molecule has 0 nitrogen and oxygen atoms in total. The van der Waals surface area contributed by atoms with Crippen LogP contribution in [0.1, 0.15) is 44.7 Å². The van der Waals surface area contributed by atoms with Gasteiger partial charge in [0.1, 0.15) is 0 Å². The van der Waals surface area contributed by atoms with Crippen molar-refractivity contribution in [3.05, 3.63) is 75.9 Å². The van der Waals surface area contributed by atoms with E-state index in [4.69, 9.17) is 0 Å². The van der Waals surface area contributed by atoms with E-state index in [2.05, 4.69) is 76.3 Å². The second kappa shape index (κ2) is 4.94. The van der Waals surface area contributed by atoms with Crippen molar-refractivity contribution in [1.29, 1.82) is 0 Å². The predicted molar refractivity (Wildman–Crippen MR) is 86.3 cm³/mol. The van der Waals surface area contributed by atoms with Gasteiger partial charge in [0.2, 0.25) is 0 Å². The molecule has 0 saturated carbocycles. The summed E-state index contributed by atoms with van der Waals surface area (Å²) < 4.78 is 0. The smallest absolute Gasteiger partial charge is 0.0287 e. The number of hydrogen-bond donors (Lipinski definition) is 0. The molecule has 20 heavy (non-hydrogen) atoms. The number of allylic oxidation sites excluding steroid dienone is 7. The summed E-state index contributed by atoms with van der Waals surface area (Å²) in [6.45, 7) is 8.87. The Morgan fingerprint density at radius 2 is 1.90 bits per heavy atom. The molecule has 0 aliphatic heterocycles. The lowest BCUT2D eigenvalue weighted by Gasteiger charge is -2.18. The third kappa shape index (κ3) is 2.10. The zero-order valence-corrected chi connectivity index (χ0v) is 12.7. The average Bonchev–Trinajstić information content (AvgIpc) is 3.02. The minimum atomic E-state index is 0.372. The first-order chi connectivity index (χ1) is 9.58. The van der Waals surface area contributed by atoms with E-state index in [9.17, 15) is 0 Å². The van der Waals surface area contributed by atoms with Crippen molar-refractivity contribution in [2.75, 3.05) is 0 Å². The molecule has 0 heteroatoms. The van der Waals surface area contributed by atoms with Crippen molar-refractivity contribution in [2.45, 2.75) is 33.6 Å². The predicted octanol–water partition coefficient (Wildman–Crippen LogP) is 5.46. The van der Waals surface area contributed by atoms with E-state index in [1.165, 1.54) is 33.4 Å². The molecule has 0 amide bonds. The van der Waals surface area contributed by atoms with Crippen molar-refractivity contribution < 1.29 is 0 Å². The van der Waals surface area contributed by atoms with Crippen LogP contribution in [0.3, 0.4) is 0 Å². The van der Waals surface area contributed by atoms with Gasteiger partial charge in [0, 0.05) is 5.92 Å². The van der Waals surface area contributed by atoms with E-state index >= 15 is 0 Å². The number of fused-ring (bicyclic) bond motifs is 1. The maximum absolute atomic E-state index is 3.66. The Balaban J connectivity index is 2.07. The molecule has 2 aliphatic rings. The van der Waals surface area contributed by atoms with Gasteiger partial charge in [-0.3, -0.25) is 0 Å². The summed E-state index contributed by atoms with van der Waals surface area (Å²) >= 11 is 0. The Labute approximate surface area is 122 Å². The first-order valence-electron chi connectivity index (χ1n) is 7.38. The Morgan fingerprint density at radius 3 is 2.60 bits per heavy atom. The molecule has 0 spiro atoms. The third-order valence-electron chi connectivity index (χ3n) is 4.15. The zero-order chi connectivity index (χ0) is 14.3. The fraction of sp³-hybridized carbons (Fsp3) is 0.300. The van der Waals surface area contributed by atoms with Crippen molar-refractivity contribution in [2.24, 2.45) is 5.92 Å². The molecule has 0 saturated heterocycles. The summed E-state index contributed by atoms with van der Waals surface area (Å²) in [7, 11) is 0. The molecule has 2 aliphatic carbocycles. The van der Waals surface area contributed by atoms with Gasteiger partial charge in [-0.1, -0.05) is 61.9 Å². The molecule has 1 radical (unpaired) electrons. The summed E-state index contributed by atoms with van der Waals surface area (Å²) in [4.78, 5) is 0. The molecule has 1 atom stereocenters. The summed E-state index contributed by atoms with van der Waals surface area (Å²) in [6.07, 6.45) is 10.5. The largest absolute Gasteiger partial charge is 0.0720 e. The number of hydrogen-bond acceptors (Lipinski definition) is 0. The van der Waals surface area contributed by atoms with Crippen molar-refractivity contribution in [1.82, 2.24) is 0 Å². The van der Waals surface area contributed by atoms with Crippen LogP contribution >= 0.6 is 0 Å². The Hall–Kier alpha value is -1.82. The molecule has 1 aromatic rings. The maximum atomic E-state index is 3.66. The second-order valence-corrected chi connectivity index (χ2v) is 6.17. The summed E-state index contributed by atoms with van der Waals surface area (Å²) in [5, 5.41) is 0. The second-order valence-electron chi connectivity index (χ2n) is 6.17. The van der Waals surface area contributed by atoms with Crippen LogP contribution in [0.2, 0.25) is 0 Å². The fourth-order valence-corrected chi connectivity index (χ4v) is 2.99. The van der Waals surface area contributed by atoms with Crippen LogP contribution in [-0.2, 0) is 0 Å². The maximum Gasteiger partial charge on any atom is 0.0287 e. The molecular weight excluding hydrogens is 240 g/mol. The molecule has 101 valence electrons. The van der Waals surface area contributed by atoms with E-state index in [1.54, 1.807) is 0 Å². The molecule has 0 fully saturated rings. The molecule has 0 bridgehead atoms. The average molecular weight is 261 g/mol. The molecule has 1 aromatic carbocycles. The van der Waals surface area contributed by atoms with Crippen molar-refractivity contribution >= 4 is 6.08 Å². The minimum absolute atomic E-state index is 0.372. The van der Waals surface area contributed by atoms with Crippen LogP contribution in [-0.4, -0.2) is 0 Å². The van der Waals surface area contributed by atoms with Gasteiger partial charge in [0.25, 0.3) is 0 Å². The molecular formula is C20H21. The fourth-order valence-electron chi connectivity index (χ4n) is 2.99. The van der Waals surface area contributed by atoms with Gasteiger partial charge in [-0.15, -0.1) is 0 Å². The molecule has 3 rings (SSSR count). The minimum Gasteiger partial charge on any atom is -0.0720 e. The van der Waals surface area contributed by atoms with E-state index in [0.29, 0.717) is 11.8 Å². The van der Waals surface area contributed by atoms with Gasteiger partial charge in [0.15, 0.2) is 0 Å². The number of rotatable bonds is 2. The van der Waals surface area contributed by atoms with Crippen LogP contribution in [0.4, 0.5) is 0 Å². The van der Waals surface area contributed by atoms with Crippen LogP contribution in [0, 0.1) is 12.0 Å². The lowest BCUT2D eigenvalue weighted by molar-refractivity contribution is 0.763. The number of benzene rings is 1. The first kappa shape index (κ1) is 13.2. The monoisotopic (exact) mass is 261 g/mol. The Morgan fingerprint density at radius 1 is 1.15 bits per heavy atom. The SMILES string of the molecule is CC(C)=C1[C]=C(C2C=Cc3ccccc32)C(C(C)C)=C1. The molecule has 0 aromatic heterocycles. The van der Waals surface area contributed by atoms with Crippen LogP contribution in [0.25, 0.3) is 6.08 Å². The van der Waals surface area contributed by atoms with E-state index in [-0.39, 0.29) is 0 Å². The topological polar surface area (TPSA) is 0 Å². The van der Waals surface area contributed by atoms with E-state index in [0.717, 1.165) is 0 Å². The van der Waals surface area contributed by atoms with Crippen molar-refractivity contribution in [3.63, 3.8) is 0 Å². The lowest BCUT2D eigenvalue weighted by Crippen LogP contribution is -2.03.